The van der Waals surface area contributed by atoms with Crippen molar-refractivity contribution in [2.75, 3.05) is 12.3 Å². The molecule has 0 aromatic heterocycles. The molecular weight excluding hydrogens is 319 g/mol. The monoisotopic (exact) mass is 342 g/mol. The van der Waals surface area contributed by atoms with E-state index in [1.54, 1.807) is 0 Å². The Bertz CT molecular complexity index is 523. The van der Waals surface area contributed by atoms with Crippen molar-refractivity contribution in [3.63, 3.8) is 0 Å². The Morgan fingerprint density at radius 3 is 2.36 bits per heavy atom. The quantitative estimate of drug-likeness (QED) is 0.517. The normalized spacial score (nSPS) is 12.6. The maximum atomic E-state index is 13.0. The minimum absolute atomic E-state index is 0.228. The third-order valence-electron chi connectivity index (χ3n) is 3.55. The van der Waals surface area contributed by atoms with Gasteiger partial charge in [0, 0.05) is 19.2 Å². The first-order chi connectivity index (χ1) is 10.3. The molecule has 1 aromatic carbocycles. The Labute approximate surface area is 137 Å². The van der Waals surface area contributed by atoms with Crippen LogP contribution < -0.4 is 15.8 Å². The smallest absolute Gasteiger partial charge is 0.243 e. The zero-order chi connectivity index (χ0) is 16.8. The van der Waals surface area contributed by atoms with E-state index in [4.69, 9.17) is 0 Å². The molecule has 0 radical (unpaired) electrons. The minimum Gasteiger partial charge on any atom is -0.355 e. The summed E-state index contributed by atoms with van der Waals surface area (Å²) in [6.45, 7) is 6.25. The summed E-state index contributed by atoms with van der Waals surface area (Å²) in [6, 6.07) is 6.79. The second-order valence-electron chi connectivity index (χ2n) is 5.87. The summed E-state index contributed by atoms with van der Waals surface area (Å²) in [4.78, 5) is 23.0. The summed E-state index contributed by atoms with van der Waals surface area (Å²) in [7, 11) is -1.73. The van der Waals surface area contributed by atoms with Gasteiger partial charge in [-0.15, -0.1) is 0 Å². The van der Waals surface area contributed by atoms with E-state index in [2.05, 4.69) is 36.4 Å². The van der Waals surface area contributed by atoms with Gasteiger partial charge in [-0.2, -0.15) is 12.6 Å². The van der Waals surface area contributed by atoms with Crippen LogP contribution >= 0.6 is 12.6 Å². The van der Waals surface area contributed by atoms with Crippen molar-refractivity contribution in [2.45, 2.75) is 32.1 Å². The van der Waals surface area contributed by atoms with Crippen LogP contribution in [-0.2, 0) is 9.59 Å². The van der Waals surface area contributed by atoms with E-state index in [9.17, 15) is 14.0 Å². The topological polar surface area (TPSA) is 58.2 Å². The zero-order valence-electron chi connectivity index (χ0n) is 13.1. The molecule has 1 atom stereocenters. The van der Waals surface area contributed by atoms with E-state index < -0.39 is 14.1 Å². The first kappa shape index (κ1) is 18.7. The van der Waals surface area contributed by atoms with Crippen LogP contribution in [0.2, 0.25) is 19.1 Å². The van der Waals surface area contributed by atoms with Gasteiger partial charge in [-0.1, -0.05) is 30.4 Å². The summed E-state index contributed by atoms with van der Waals surface area (Å²) in [6.07, 6.45) is 0. The Kier molecular flexibility index (Phi) is 7.08. The molecular formula is C15H23FN2O2SSi. The van der Waals surface area contributed by atoms with Crippen LogP contribution in [0.3, 0.4) is 0 Å². The molecule has 22 heavy (non-hydrogen) atoms. The van der Waals surface area contributed by atoms with Gasteiger partial charge in [0.15, 0.2) is 0 Å². The number of rotatable bonds is 7. The highest BCUT2D eigenvalue weighted by Crippen LogP contribution is 2.09. The van der Waals surface area contributed by atoms with Crippen LogP contribution in [0.5, 0.6) is 0 Å². The molecule has 0 aliphatic carbocycles. The van der Waals surface area contributed by atoms with E-state index >= 15 is 0 Å². The van der Waals surface area contributed by atoms with Crippen LogP contribution in [-0.4, -0.2) is 38.2 Å². The van der Waals surface area contributed by atoms with Crippen LogP contribution in [0, 0.1) is 5.82 Å². The number of thiol groups is 1. The summed E-state index contributed by atoms with van der Waals surface area (Å²) in [5, 5.41) is 6.54. The molecule has 0 saturated heterocycles. The first-order valence-electron chi connectivity index (χ1n) is 7.18. The fourth-order valence-electron chi connectivity index (χ4n) is 2.11. The van der Waals surface area contributed by atoms with Gasteiger partial charge >= 0.3 is 0 Å². The third kappa shape index (κ3) is 5.80. The second-order valence-corrected chi connectivity index (χ2v) is 11.1. The molecule has 0 saturated carbocycles. The molecule has 0 unspecified atom stereocenters. The van der Waals surface area contributed by atoms with Crippen molar-refractivity contribution in [2.24, 2.45) is 0 Å². The molecule has 4 nitrogen and oxygen atoms in total. The van der Waals surface area contributed by atoms with E-state index in [0.29, 0.717) is 6.54 Å². The van der Waals surface area contributed by atoms with Gasteiger partial charge in [-0.05, 0) is 18.2 Å². The van der Waals surface area contributed by atoms with Crippen molar-refractivity contribution in [1.82, 2.24) is 10.6 Å². The number of amides is 2. The van der Waals surface area contributed by atoms with Gasteiger partial charge in [0.1, 0.15) is 11.9 Å². The fraction of sp³-hybridized carbons (Fsp3) is 0.467. The Morgan fingerprint density at radius 1 is 1.27 bits per heavy atom. The highest BCUT2D eigenvalue weighted by molar-refractivity contribution is 7.80. The van der Waals surface area contributed by atoms with Crippen LogP contribution in [0.4, 0.5) is 4.39 Å². The van der Waals surface area contributed by atoms with Crippen molar-refractivity contribution in [3.8, 4) is 0 Å². The Balaban J connectivity index is 2.53. The van der Waals surface area contributed by atoms with Crippen LogP contribution in [0.25, 0.3) is 0 Å². The SMILES string of the molecule is CC(=O)N[C@@H](CS)C(=O)NCC[Si](C)(C)c1ccc(F)cc1. The molecule has 0 aliphatic heterocycles. The Hall–Kier alpha value is -1.34. The number of benzene rings is 1. The molecule has 7 heteroatoms. The van der Waals surface area contributed by atoms with Gasteiger partial charge in [-0.3, -0.25) is 9.59 Å². The predicted molar refractivity (Wildman–Crippen MR) is 92.8 cm³/mol. The lowest BCUT2D eigenvalue weighted by Crippen LogP contribution is -2.49. The highest BCUT2D eigenvalue weighted by Gasteiger charge is 2.24. The van der Waals surface area contributed by atoms with Gasteiger partial charge in [-0.25, -0.2) is 4.39 Å². The molecule has 2 amide bonds. The lowest BCUT2D eigenvalue weighted by atomic mass is 10.3. The average molecular weight is 343 g/mol. The summed E-state index contributed by atoms with van der Waals surface area (Å²) in [5.41, 5.74) is 0. The first-order valence-corrected chi connectivity index (χ1v) is 11.0. The largest absolute Gasteiger partial charge is 0.355 e. The van der Waals surface area contributed by atoms with Gasteiger partial charge < -0.3 is 10.6 Å². The number of carbonyl (C=O) groups excluding carboxylic acids is 2. The molecule has 2 N–H and O–H groups in total. The van der Waals surface area contributed by atoms with Crippen molar-refractivity contribution < 1.29 is 14.0 Å². The molecule has 122 valence electrons. The second kappa shape index (κ2) is 8.33. The van der Waals surface area contributed by atoms with Crippen molar-refractivity contribution in [1.29, 1.82) is 0 Å². The Morgan fingerprint density at radius 2 is 1.86 bits per heavy atom. The number of halogens is 1. The molecule has 0 fully saturated rings. The maximum absolute atomic E-state index is 13.0. The molecule has 0 bridgehead atoms. The van der Waals surface area contributed by atoms with Gasteiger partial charge in [0.2, 0.25) is 11.8 Å². The predicted octanol–water partition coefficient (Wildman–Crippen LogP) is 1.29. The summed E-state index contributed by atoms with van der Waals surface area (Å²) >= 11 is 4.07. The molecule has 1 aromatic rings. The zero-order valence-corrected chi connectivity index (χ0v) is 15.0. The number of hydrogen-bond donors (Lipinski definition) is 3. The summed E-state index contributed by atoms with van der Waals surface area (Å²) in [5.74, 6) is -0.470. The third-order valence-corrected chi connectivity index (χ3v) is 7.31. The van der Waals surface area contributed by atoms with E-state index in [-0.39, 0.29) is 23.4 Å². The van der Waals surface area contributed by atoms with Gasteiger partial charge in [0.05, 0.1) is 8.07 Å². The number of nitrogens with one attached hydrogen (secondary N) is 2. The van der Waals surface area contributed by atoms with E-state index in [0.717, 1.165) is 11.2 Å². The molecule has 0 spiro atoms. The number of hydrogen-bond acceptors (Lipinski definition) is 3. The van der Waals surface area contributed by atoms with Crippen LogP contribution in [0.1, 0.15) is 6.92 Å². The average Bonchev–Trinajstić information content (AvgIpc) is 2.44. The van der Waals surface area contributed by atoms with Crippen molar-refractivity contribution in [3.05, 3.63) is 30.1 Å². The minimum atomic E-state index is -1.73. The van der Waals surface area contributed by atoms with E-state index in [1.807, 2.05) is 12.1 Å². The molecule has 0 aliphatic rings. The van der Waals surface area contributed by atoms with Gasteiger partial charge in [0.25, 0.3) is 0 Å². The lowest BCUT2D eigenvalue weighted by molar-refractivity contribution is -0.127. The van der Waals surface area contributed by atoms with Crippen molar-refractivity contribution >= 4 is 37.7 Å². The summed E-state index contributed by atoms with van der Waals surface area (Å²) < 4.78 is 13.0. The lowest BCUT2D eigenvalue weighted by Gasteiger charge is -2.24. The number of carbonyl (C=O) groups is 2. The highest BCUT2D eigenvalue weighted by atomic mass is 32.1. The fourth-order valence-corrected chi connectivity index (χ4v) is 4.47. The van der Waals surface area contributed by atoms with Crippen LogP contribution in [0.15, 0.2) is 24.3 Å². The molecule has 0 heterocycles. The standard InChI is InChI=1S/C15H23FN2O2SSi/c1-11(19)18-14(10-21)15(20)17-8-9-22(2,3)13-6-4-12(16)5-7-13/h4-7,14,21H,8-10H2,1-3H3,(H,17,20)(H,18,19)/t14-/m0/s1. The maximum Gasteiger partial charge on any atom is 0.243 e. The molecule has 1 rings (SSSR count). The van der Waals surface area contributed by atoms with E-state index in [1.165, 1.54) is 19.1 Å².